The Labute approximate surface area is 157 Å². The van der Waals surface area contributed by atoms with E-state index in [1.165, 1.54) is 29.0 Å². The van der Waals surface area contributed by atoms with Crippen molar-refractivity contribution in [1.82, 2.24) is 0 Å². The van der Waals surface area contributed by atoms with Crippen LogP contribution in [-0.2, 0) is 0 Å². The van der Waals surface area contributed by atoms with Crippen LogP contribution in [0.2, 0.25) is 0 Å². The van der Waals surface area contributed by atoms with Gasteiger partial charge in [0, 0.05) is 5.66 Å². The molecule has 5 rings (SSSR count). The van der Waals surface area contributed by atoms with Crippen molar-refractivity contribution in [3.05, 3.63) is 103 Å². The fourth-order valence-corrected chi connectivity index (χ4v) is 8.13. The maximum Gasteiger partial charge on any atom is 0.000324 e. The Morgan fingerprint density at radius 1 is 0.615 bits per heavy atom. The summed E-state index contributed by atoms with van der Waals surface area (Å²) in [6.45, 7) is 0. The average Bonchev–Trinajstić information content (AvgIpc) is 3.29. The van der Waals surface area contributed by atoms with Gasteiger partial charge in [0.25, 0.3) is 0 Å². The van der Waals surface area contributed by atoms with E-state index in [0.29, 0.717) is 5.92 Å². The summed E-state index contributed by atoms with van der Waals surface area (Å²) in [5, 5.41) is 3.05. The normalized spacial score (nSPS) is 24.0. The molecule has 1 saturated carbocycles. The number of hydrogen-bond acceptors (Lipinski definition) is 0. The van der Waals surface area contributed by atoms with Crippen molar-refractivity contribution in [3.8, 4) is 0 Å². The molecule has 26 heavy (non-hydrogen) atoms. The van der Waals surface area contributed by atoms with Gasteiger partial charge in [-0.25, -0.2) is 0 Å². The predicted octanol–water partition coefficient (Wildman–Crippen LogP) is 5.61. The first-order chi connectivity index (χ1) is 12.9. The van der Waals surface area contributed by atoms with Gasteiger partial charge in [-0.3, -0.25) is 0 Å². The molecular weight excluding hydrogens is 331 g/mol. The molecule has 3 aromatic carbocycles. The minimum absolute atomic E-state index is 0.337. The van der Waals surface area contributed by atoms with Crippen LogP contribution < -0.4 is 10.6 Å². The highest BCUT2D eigenvalue weighted by atomic mass is 31.1. The fourth-order valence-electron chi connectivity index (χ4n) is 4.87. The number of hydrogen-bond donors (Lipinski definition) is 0. The Morgan fingerprint density at radius 2 is 1.15 bits per heavy atom. The Bertz CT molecular complexity index is 859. The summed E-state index contributed by atoms with van der Waals surface area (Å²) < 4.78 is 0. The molecule has 0 aromatic heterocycles. The lowest BCUT2D eigenvalue weighted by molar-refractivity contribution is 0.706. The van der Waals surface area contributed by atoms with E-state index in [2.05, 4.69) is 97.1 Å². The molecule has 0 aliphatic heterocycles. The van der Waals surface area contributed by atoms with Gasteiger partial charge in [-0.05, 0) is 54.3 Å². The van der Waals surface area contributed by atoms with Gasteiger partial charge >= 0.3 is 0 Å². The second kappa shape index (κ2) is 6.86. The van der Waals surface area contributed by atoms with Crippen LogP contribution in [0.4, 0.5) is 0 Å². The van der Waals surface area contributed by atoms with Gasteiger partial charge in [-0.1, -0.05) is 97.1 Å². The molecule has 0 heterocycles. The summed E-state index contributed by atoms with van der Waals surface area (Å²) >= 11 is 0. The summed E-state index contributed by atoms with van der Waals surface area (Å²) in [4.78, 5) is 0. The van der Waals surface area contributed by atoms with Gasteiger partial charge in [0.05, 0.1) is 0 Å². The second-order valence-corrected chi connectivity index (χ2v) is 9.74. The van der Waals surface area contributed by atoms with Gasteiger partial charge in [0.15, 0.2) is 0 Å². The average molecular weight is 354 g/mol. The van der Waals surface area contributed by atoms with Crippen molar-refractivity contribution < 1.29 is 0 Å². The molecule has 1 fully saturated rings. The van der Waals surface area contributed by atoms with Crippen molar-refractivity contribution in [2.24, 2.45) is 11.8 Å². The molecule has 1 heteroatoms. The highest BCUT2D eigenvalue weighted by molar-refractivity contribution is 7.73. The lowest BCUT2D eigenvalue weighted by Gasteiger charge is -2.30. The van der Waals surface area contributed by atoms with E-state index in [1.807, 2.05) is 0 Å². The van der Waals surface area contributed by atoms with Gasteiger partial charge in [-0.15, -0.1) is 0 Å². The van der Waals surface area contributed by atoms with Gasteiger partial charge in [0.1, 0.15) is 0 Å². The molecule has 0 N–H and O–H groups in total. The quantitative estimate of drug-likeness (QED) is 0.534. The lowest BCUT2D eigenvalue weighted by atomic mass is 9.92. The van der Waals surface area contributed by atoms with Crippen LogP contribution in [0.5, 0.6) is 0 Å². The van der Waals surface area contributed by atoms with Crippen LogP contribution >= 0.6 is 7.92 Å². The third-order valence-electron chi connectivity index (χ3n) is 5.93. The lowest BCUT2D eigenvalue weighted by Crippen LogP contribution is -2.26. The number of fused-ring (bicyclic) bond motifs is 2. The van der Waals surface area contributed by atoms with Gasteiger partial charge in [-0.2, -0.15) is 0 Å². The van der Waals surface area contributed by atoms with Crippen LogP contribution in [0.1, 0.15) is 18.4 Å². The van der Waals surface area contributed by atoms with Gasteiger partial charge < -0.3 is 0 Å². The van der Waals surface area contributed by atoms with Gasteiger partial charge in [0.2, 0.25) is 0 Å². The van der Waals surface area contributed by atoms with Crippen molar-refractivity contribution in [2.75, 3.05) is 0 Å². The standard InChI is InChI=1S/C25H23P/c1-4-10-19(11-5-1)24-18-20-16-17-23(24)25(20)26(21-12-6-2-7-13-21)22-14-8-3-9-15-22/h1-15,18,20,23,25H,16-17H2/t20-,23+,25+/m1/s1. The number of allylic oxidation sites excluding steroid dienone is 2. The highest BCUT2D eigenvalue weighted by Crippen LogP contribution is 2.60. The largest absolute Gasteiger partial charge is 0.0766 e. The van der Waals surface area contributed by atoms with E-state index < -0.39 is 0 Å². The molecule has 0 nitrogen and oxygen atoms in total. The van der Waals surface area contributed by atoms with E-state index in [-0.39, 0.29) is 7.92 Å². The first-order valence-electron chi connectivity index (χ1n) is 9.58. The first-order valence-corrected chi connectivity index (χ1v) is 11.0. The second-order valence-electron chi connectivity index (χ2n) is 7.37. The first kappa shape index (κ1) is 16.0. The minimum Gasteiger partial charge on any atom is -0.0766 e. The Balaban J connectivity index is 1.57. The van der Waals surface area contributed by atoms with Crippen molar-refractivity contribution in [1.29, 1.82) is 0 Å². The molecule has 0 unspecified atom stereocenters. The summed E-state index contributed by atoms with van der Waals surface area (Å²) in [6, 6.07) is 33.5. The summed E-state index contributed by atoms with van der Waals surface area (Å²) in [5.74, 6) is 1.43. The third-order valence-corrected chi connectivity index (χ3v) is 8.98. The van der Waals surface area contributed by atoms with Crippen LogP contribution in [0.25, 0.3) is 5.57 Å². The van der Waals surface area contributed by atoms with E-state index in [0.717, 1.165) is 11.6 Å². The molecule has 2 aliphatic carbocycles. The van der Waals surface area contributed by atoms with E-state index in [9.17, 15) is 0 Å². The zero-order chi connectivity index (χ0) is 17.3. The molecule has 3 atom stereocenters. The van der Waals surface area contributed by atoms with E-state index in [1.54, 1.807) is 5.57 Å². The molecule has 0 amide bonds. The Hall–Kier alpha value is -2.17. The summed E-state index contributed by atoms with van der Waals surface area (Å²) in [5.41, 5.74) is 3.77. The molecule has 2 bridgehead atoms. The number of benzene rings is 3. The molecule has 3 aromatic rings. The van der Waals surface area contributed by atoms with Crippen molar-refractivity contribution >= 4 is 24.1 Å². The molecule has 128 valence electrons. The molecule has 0 saturated heterocycles. The van der Waals surface area contributed by atoms with Crippen LogP contribution in [-0.4, -0.2) is 5.66 Å². The zero-order valence-electron chi connectivity index (χ0n) is 14.8. The van der Waals surface area contributed by atoms with Crippen molar-refractivity contribution in [3.63, 3.8) is 0 Å². The smallest absolute Gasteiger partial charge is 0.000324 e. The topological polar surface area (TPSA) is 0 Å². The SMILES string of the molecule is C1=C(c2ccccc2)[C@@H]2CC[C@H]1[C@@H]2P(c1ccccc1)c1ccccc1. The number of rotatable bonds is 4. The Morgan fingerprint density at radius 3 is 1.73 bits per heavy atom. The maximum absolute atomic E-state index is 2.61. The molecule has 0 spiro atoms. The summed E-state index contributed by atoms with van der Waals surface area (Å²) in [6.07, 6.45) is 5.30. The van der Waals surface area contributed by atoms with Crippen molar-refractivity contribution in [2.45, 2.75) is 18.5 Å². The minimum atomic E-state index is -0.337. The molecular formula is C25H23P. The summed E-state index contributed by atoms with van der Waals surface area (Å²) in [7, 11) is -0.337. The predicted molar refractivity (Wildman–Crippen MR) is 113 cm³/mol. The zero-order valence-corrected chi connectivity index (χ0v) is 15.7. The monoisotopic (exact) mass is 354 g/mol. The van der Waals surface area contributed by atoms with Crippen LogP contribution in [0.15, 0.2) is 97.1 Å². The third kappa shape index (κ3) is 2.74. The molecule has 0 radical (unpaired) electrons. The van der Waals surface area contributed by atoms with Crippen LogP contribution in [0.3, 0.4) is 0 Å². The van der Waals surface area contributed by atoms with E-state index >= 15 is 0 Å². The molecule has 2 aliphatic rings. The van der Waals surface area contributed by atoms with E-state index in [4.69, 9.17) is 0 Å². The Kier molecular flexibility index (Phi) is 4.23. The fraction of sp³-hybridized carbons (Fsp3) is 0.200. The van der Waals surface area contributed by atoms with Crippen LogP contribution in [0, 0.1) is 11.8 Å². The maximum atomic E-state index is 2.61. The highest BCUT2D eigenvalue weighted by Gasteiger charge is 2.47.